The smallest absolute Gasteiger partial charge is 0.274 e. The van der Waals surface area contributed by atoms with E-state index in [4.69, 9.17) is 10.5 Å². The molecule has 2 heterocycles. The highest BCUT2D eigenvalue weighted by Crippen LogP contribution is 2.28. The molecule has 0 aliphatic carbocycles. The molecule has 0 bridgehead atoms. The Labute approximate surface area is 133 Å². The Morgan fingerprint density at radius 3 is 2.70 bits per heavy atom. The number of carbonyl (C=O) groups excluding carboxylic acids is 1. The van der Waals surface area contributed by atoms with Crippen LogP contribution in [0.15, 0.2) is 41.5 Å². The molecule has 0 spiro atoms. The van der Waals surface area contributed by atoms with Crippen LogP contribution in [0, 0.1) is 0 Å². The minimum atomic E-state index is -0.337. The number of aromatic amines is 1. The van der Waals surface area contributed by atoms with E-state index in [0.29, 0.717) is 13.1 Å². The molecule has 2 aromatic rings. The van der Waals surface area contributed by atoms with Crippen molar-refractivity contribution in [2.75, 3.05) is 20.2 Å². The fourth-order valence-corrected chi connectivity index (χ4v) is 2.82. The first-order valence-electron chi connectivity index (χ1n) is 7.32. The van der Waals surface area contributed by atoms with Crippen LogP contribution in [-0.2, 0) is 0 Å². The van der Waals surface area contributed by atoms with Crippen molar-refractivity contribution < 1.29 is 9.53 Å². The van der Waals surface area contributed by atoms with Gasteiger partial charge in [-0.05, 0) is 17.7 Å². The lowest BCUT2D eigenvalue weighted by Gasteiger charge is -2.16. The Morgan fingerprint density at radius 2 is 2.09 bits per heavy atom. The average molecular weight is 314 g/mol. The summed E-state index contributed by atoms with van der Waals surface area (Å²) >= 11 is 0. The molecule has 1 aliphatic heterocycles. The second-order valence-electron chi connectivity index (χ2n) is 5.55. The summed E-state index contributed by atoms with van der Waals surface area (Å²) in [5, 5.41) is 0. The Kier molecular flexibility index (Phi) is 4.12. The van der Waals surface area contributed by atoms with E-state index in [1.54, 1.807) is 12.0 Å². The van der Waals surface area contributed by atoms with Crippen LogP contribution in [0.3, 0.4) is 0 Å². The number of nitrogens with one attached hydrogen (secondary N) is 1. The first-order valence-corrected chi connectivity index (χ1v) is 7.32. The molecule has 1 saturated heterocycles. The Bertz CT molecular complexity index is 736. The summed E-state index contributed by atoms with van der Waals surface area (Å²) in [6.07, 6.45) is 2.43. The lowest BCUT2D eigenvalue weighted by Crippen LogP contribution is -2.33. The zero-order chi connectivity index (χ0) is 16.4. The summed E-state index contributed by atoms with van der Waals surface area (Å²) in [7, 11) is 1.62. The van der Waals surface area contributed by atoms with Gasteiger partial charge in [0.1, 0.15) is 11.4 Å². The number of H-pyrrole nitrogens is 1. The number of hydrogen-bond donors (Lipinski definition) is 2. The highest BCUT2D eigenvalue weighted by Gasteiger charge is 2.34. The van der Waals surface area contributed by atoms with Crippen LogP contribution in [0.1, 0.15) is 22.0 Å². The van der Waals surface area contributed by atoms with Crippen LogP contribution < -0.4 is 16.0 Å². The predicted molar refractivity (Wildman–Crippen MR) is 84.5 cm³/mol. The van der Waals surface area contributed by atoms with E-state index in [-0.39, 0.29) is 29.1 Å². The monoisotopic (exact) mass is 314 g/mol. The van der Waals surface area contributed by atoms with Crippen molar-refractivity contribution in [1.29, 1.82) is 0 Å². The number of rotatable bonds is 3. The number of likely N-dealkylation sites (tertiary alicyclic amines) is 1. The fourth-order valence-electron chi connectivity index (χ4n) is 2.82. The van der Waals surface area contributed by atoms with Gasteiger partial charge in [-0.25, -0.2) is 4.98 Å². The molecule has 0 saturated carbocycles. The van der Waals surface area contributed by atoms with Crippen molar-refractivity contribution in [2.24, 2.45) is 5.73 Å². The van der Waals surface area contributed by atoms with Gasteiger partial charge in [0.2, 0.25) is 0 Å². The van der Waals surface area contributed by atoms with Gasteiger partial charge in [-0.1, -0.05) is 12.1 Å². The van der Waals surface area contributed by atoms with E-state index in [1.807, 2.05) is 24.3 Å². The summed E-state index contributed by atoms with van der Waals surface area (Å²) in [4.78, 5) is 31.5. The van der Waals surface area contributed by atoms with Crippen LogP contribution >= 0.6 is 0 Å². The number of carbonyl (C=O) groups is 1. The summed E-state index contributed by atoms with van der Waals surface area (Å²) in [6.45, 7) is 0.976. The largest absolute Gasteiger partial charge is 0.497 e. The topological polar surface area (TPSA) is 101 Å². The molecule has 2 atom stereocenters. The Hall–Kier alpha value is -2.67. The van der Waals surface area contributed by atoms with Gasteiger partial charge in [0.05, 0.1) is 13.3 Å². The summed E-state index contributed by atoms with van der Waals surface area (Å²) in [6, 6.07) is 7.56. The van der Waals surface area contributed by atoms with Gasteiger partial charge in [-0.15, -0.1) is 0 Å². The Morgan fingerprint density at radius 1 is 1.35 bits per heavy atom. The molecule has 7 heteroatoms. The number of benzene rings is 1. The van der Waals surface area contributed by atoms with Gasteiger partial charge in [0.15, 0.2) is 0 Å². The third-order valence-corrected chi connectivity index (χ3v) is 4.09. The number of aromatic nitrogens is 2. The van der Waals surface area contributed by atoms with E-state index >= 15 is 0 Å². The summed E-state index contributed by atoms with van der Waals surface area (Å²) in [5.41, 5.74) is 7.16. The van der Waals surface area contributed by atoms with Gasteiger partial charge in [0.25, 0.3) is 11.5 Å². The normalized spacial score (nSPS) is 20.5. The predicted octanol–water partition coefficient (Wildman–Crippen LogP) is 0.345. The van der Waals surface area contributed by atoms with E-state index in [1.165, 1.54) is 6.20 Å². The second kappa shape index (κ2) is 6.21. The minimum absolute atomic E-state index is 0.0626. The van der Waals surface area contributed by atoms with Crippen LogP contribution in [-0.4, -0.2) is 47.0 Å². The molecule has 3 N–H and O–H groups in total. The molecule has 0 radical (unpaired) electrons. The number of hydrogen-bond acceptors (Lipinski definition) is 5. The number of methoxy groups -OCH3 is 1. The standard InChI is InChI=1S/C16H18N4O3/c1-23-11-4-2-10(3-5-11)12-8-20(9-13(12)17)16(22)14-6-19-15(21)7-18-14/h2-7,12-13H,8-9,17H2,1H3,(H,19,21)/t12-,13+/m0/s1. The third kappa shape index (κ3) is 3.09. The van der Waals surface area contributed by atoms with E-state index < -0.39 is 0 Å². The zero-order valence-corrected chi connectivity index (χ0v) is 12.7. The van der Waals surface area contributed by atoms with Crippen LogP contribution in [0.5, 0.6) is 5.75 Å². The maximum Gasteiger partial charge on any atom is 0.274 e. The quantitative estimate of drug-likeness (QED) is 0.851. The summed E-state index contributed by atoms with van der Waals surface area (Å²) < 4.78 is 5.15. The van der Waals surface area contributed by atoms with Crippen LogP contribution in [0.25, 0.3) is 0 Å². The fraction of sp³-hybridized carbons (Fsp3) is 0.312. The first kappa shape index (κ1) is 15.2. The molecule has 1 aromatic heterocycles. The van der Waals surface area contributed by atoms with Gasteiger partial charge in [-0.3, -0.25) is 9.59 Å². The molecule has 120 valence electrons. The molecule has 1 amide bonds. The van der Waals surface area contributed by atoms with Gasteiger partial charge >= 0.3 is 0 Å². The SMILES string of the molecule is COc1ccc([C@@H]2CN(C(=O)c3c[nH]c(=O)cn3)C[C@H]2N)cc1. The second-order valence-corrected chi connectivity index (χ2v) is 5.55. The maximum absolute atomic E-state index is 12.4. The van der Waals surface area contributed by atoms with Crippen molar-refractivity contribution in [2.45, 2.75) is 12.0 Å². The lowest BCUT2D eigenvalue weighted by molar-refractivity contribution is 0.0783. The van der Waals surface area contributed by atoms with Gasteiger partial charge in [-0.2, -0.15) is 0 Å². The van der Waals surface area contributed by atoms with Crippen LogP contribution in [0.4, 0.5) is 0 Å². The molecule has 3 rings (SSSR count). The van der Waals surface area contributed by atoms with Crippen molar-refractivity contribution >= 4 is 5.91 Å². The van der Waals surface area contributed by atoms with Crippen molar-refractivity contribution in [3.63, 3.8) is 0 Å². The first-order chi connectivity index (χ1) is 11.1. The third-order valence-electron chi connectivity index (χ3n) is 4.09. The number of ether oxygens (including phenoxy) is 1. The molecule has 1 fully saturated rings. The van der Waals surface area contributed by atoms with Crippen molar-refractivity contribution in [3.8, 4) is 5.75 Å². The zero-order valence-electron chi connectivity index (χ0n) is 12.7. The molecular weight excluding hydrogens is 296 g/mol. The van der Waals surface area contributed by atoms with Gasteiger partial charge < -0.3 is 20.4 Å². The van der Waals surface area contributed by atoms with E-state index in [0.717, 1.165) is 17.5 Å². The molecule has 1 aliphatic rings. The number of amides is 1. The highest BCUT2D eigenvalue weighted by molar-refractivity contribution is 5.92. The van der Waals surface area contributed by atoms with E-state index in [9.17, 15) is 9.59 Å². The minimum Gasteiger partial charge on any atom is -0.497 e. The number of nitrogens with two attached hydrogens (primary N) is 1. The van der Waals surface area contributed by atoms with Crippen LogP contribution in [0.2, 0.25) is 0 Å². The average Bonchev–Trinajstić information content (AvgIpc) is 2.97. The molecule has 0 unspecified atom stereocenters. The number of nitrogens with zero attached hydrogens (tertiary/aromatic N) is 2. The van der Waals surface area contributed by atoms with E-state index in [2.05, 4.69) is 9.97 Å². The molecule has 23 heavy (non-hydrogen) atoms. The Balaban J connectivity index is 1.75. The molecular formula is C16H18N4O3. The maximum atomic E-state index is 12.4. The highest BCUT2D eigenvalue weighted by atomic mass is 16.5. The van der Waals surface area contributed by atoms with Crippen molar-refractivity contribution in [1.82, 2.24) is 14.9 Å². The lowest BCUT2D eigenvalue weighted by atomic mass is 9.95. The van der Waals surface area contributed by atoms with Crippen molar-refractivity contribution in [3.05, 3.63) is 58.3 Å². The summed E-state index contributed by atoms with van der Waals surface area (Å²) in [5.74, 6) is 0.617. The molecule has 7 nitrogen and oxygen atoms in total. The molecule has 1 aromatic carbocycles. The van der Waals surface area contributed by atoms with Gasteiger partial charge in [0, 0.05) is 31.2 Å².